The third-order valence-electron chi connectivity index (χ3n) is 1.42. The minimum atomic E-state index is -1.08. The van der Waals surface area contributed by atoms with Crippen LogP contribution in [0.2, 0.25) is 0 Å². The van der Waals surface area contributed by atoms with E-state index in [1.807, 2.05) is 0 Å². The highest BCUT2D eigenvalue weighted by Crippen LogP contribution is 1.85. The zero-order valence-corrected chi connectivity index (χ0v) is 7.50. The minimum absolute atomic E-state index is 0.437. The maximum absolute atomic E-state index is 11.1. The monoisotopic (exact) mass is 184 g/mol. The molecular weight excluding hydrogens is 172 g/mol. The molecule has 0 spiro atoms. The summed E-state index contributed by atoms with van der Waals surface area (Å²) in [7, 11) is 0. The van der Waals surface area contributed by atoms with Gasteiger partial charge >= 0.3 is 5.97 Å². The molecule has 0 radical (unpaired) electrons. The van der Waals surface area contributed by atoms with Crippen molar-refractivity contribution in [3.8, 4) is 12.5 Å². The summed E-state index contributed by atoms with van der Waals surface area (Å²) < 4.78 is 0. The Morgan fingerprint density at radius 2 is 1.92 bits per heavy atom. The first-order chi connectivity index (χ1) is 5.99. The van der Waals surface area contributed by atoms with E-state index < -0.39 is 24.0 Å². The van der Waals surface area contributed by atoms with E-state index in [0.717, 1.165) is 0 Å². The summed E-state index contributed by atoms with van der Waals surface area (Å²) >= 11 is 0. The van der Waals surface area contributed by atoms with Gasteiger partial charge in [-0.05, 0) is 13.8 Å². The molecule has 0 saturated heterocycles. The molecule has 0 saturated carbocycles. The number of carboxylic acids is 1. The highest BCUT2D eigenvalue weighted by Gasteiger charge is 2.17. The van der Waals surface area contributed by atoms with Crippen molar-refractivity contribution in [1.29, 1.82) is 0 Å². The van der Waals surface area contributed by atoms with Crippen LogP contribution < -0.4 is 10.6 Å². The molecule has 3 N–H and O–H groups in total. The van der Waals surface area contributed by atoms with E-state index in [9.17, 15) is 9.59 Å². The topological polar surface area (TPSA) is 78.4 Å². The zero-order chi connectivity index (χ0) is 10.4. The van der Waals surface area contributed by atoms with Gasteiger partial charge in [0.15, 0.2) is 0 Å². The molecular formula is C8H12N2O3. The molecule has 0 fully saturated rings. The molecule has 0 aromatic heterocycles. The number of terminal acetylenes is 1. The van der Waals surface area contributed by atoms with Gasteiger partial charge in [-0.1, -0.05) is 6.42 Å². The fourth-order valence-corrected chi connectivity index (χ4v) is 0.591. The minimum Gasteiger partial charge on any atom is -0.480 e. The number of rotatable bonds is 4. The molecule has 5 heteroatoms. The van der Waals surface area contributed by atoms with Gasteiger partial charge in [0.25, 0.3) is 0 Å². The summed E-state index contributed by atoms with van der Waals surface area (Å²) in [5, 5.41) is 13.1. The third kappa shape index (κ3) is 4.01. The smallest absolute Gasteiger partial charge is 0.325 e. The fourth-order valence-electron chi connectivity index (χ4n) is 0.591. The molecule has 1 amide bonds. The second-order valence-electron chi connectivity index (χ2n) is 2.58. The van der Waals surface area contributed by atoms with Gasteiger partial charge in [-0.25, -0.2) is 0 Å². The predicted octanol–water partition coefficient (Wildman–Crippen LogP) is -0.855. The van der Waals surface area contributed by atoms with Gasteiger partial charge in [-0.2, -0.15) is 0 Å². The molecule has 2 atom stereocenters. The van der Waals surface area contributed by atoms with Crippen molar-refractivity contribution in [3.05, 3.63) is 0 Å². The number of aliphatic carboxylic acids is 1. The van der Waals surface area contributed by atoms with Crippen LogP contribution in [0, 0.1) is 12.5 Å². The van der Waals surface area contributed by atoms with E-state index in [1.165, 1.54) is 6.92 Å². The van der Waals surface area contributed by atoms with Crippen molar-refractivity contribution in [2.45, 2.75) is 25.9 Å². The molecule has 0 aliphatic heterocycles. The summed E-state index contributed by atoms with van der Waals surface area (Å²) in [4.78, 5) is 21.5. The second kappa shape index (κ2) is 5.04. The van der Waals surface area contributed by atoms with E-state index in [-0.39, 0.29) is 0 Å². The maximum atomic E-state index is 11.1. The van der Waals surface area contributed by atoms with Crippen LogP contribution in [0.25, 0.3) is 0 Å². The molecule has 72 valence electrons. The lowest BCUT2D eigenvalue weighted by molar-refractivity contribution is -0.141. The van der Waals surface area contributed by atoms with Gasteiger partial charge in [-0.15, -0.1) is 0 Å². The van der Waals surface area contributed by atoms with E-state index in [4.69, 9.17) is 11.5 Å². The number of amides is 1. The average Bonchev–Trinajstić information content (AvgIpc) is 2.04. The molecule has 0 aliphatic rings. The van der Waals surface area contributed by atoms with Gasteiger partial charge in [0, 0.05) is 6.04 Å². The van der Waals surface area contributed by atoms with E-state index in [1.54, 1.807) is 6.92 Å². The van der Waals surface area contributed by atoms with Crippen molar-refractivity contribution in [2.75, 3.05) is 0 Å². The summed E-state index contributed by atoms with van der Waals surface area (Å²) in [5.41, 5.74) is 0. The molecule has 5 nitrogen and oxygen atoms in total. The Labute approximate surface area is 76.5 Å². The molecule has 0 bridgehead atoms. The van der Waals surface area contributed by atoms with Gasteiger partial charge < -0.3 is 15.7 Å². The van der Waals surface area contributed by atoms with Crippen molar-refractivity contribution in [1.82, 2.24) is 10.6 Å². The van der Waals surface area contributed by atoms with Crippen molar-refractivity contribution < 1.29 is 14.7 Å². The second-order valence-corrected chi connectivity index (χ2v) is 2.58. The Hall–Kier alpha value is -1.70. The first-order valence-corrected chi connectivity index (χ1v) is 3.73. The predicted molar refractivity (Wildman–Crippen MR) is 46.7 cm³/mol. The standard InChI is InChI=1S/C8H12N2O3/c1-4-9-5(2)7(11)10-6(3)8(12)13/h1,5-6,9H,2-3H3,(H,10,11)(H,12,13)/t5-,6-/m0/s1. The van der Waals surface area contributed by atoms with Crippen molar-refractivity contribution in [2.24, 2.45) is 0 Å². The Morgan fingerprint density at radius 3 is 2.31 bits per heavy atom. The summed E-state index contributed by atoms with van der Waals surface area (Å²) in [6, 6.07) is 0.594. The quantitative estimate of drug-likeness (QED) is 0.392. The Bertz CT molecular complexity index is 244. The highest BCUT2D eigenvalue weighted by molar-refractivity contribution is 5.86. The number of hydrogen-bond acceptors (Lipinski definition) is 3. The van der Waals surface area contributed by atoms with E-state index >= 15 is 0 Å². The van der Waals surface area contributed by atoms with Crippen molar-refractivity contribution >= 4 is 11.9 Å². The van der Waals surface area contributed by atoms with Crippen LogP contribution in [0.4, 0.5) is 0 Å². The Morgan fingerprint density at radius 1 is 1.38 bits per heavy atom. The normalized spacial score (nSPS) is 13.6. The van der Waals surface area contributed by atoms with Crippen LogP contribution in [0.15, 0.2) is 0 Å². The van der Waals surface area contributed by atoms with Crippen LogP contribution in [0.1, 0.15) is 13.8 Å². The zero-order valence-electron chi connectivity index (χ0n) is 7.50. The molecule has 0 aromatic carbocycles. The van der Waals surface area contributed by atoms with E-state index in [2.05, 4.69) is 16.7 Å². The molecule has 0 aliphatic carbocycles. The maximum Gasteiger partial charge on any atom is 0.325 e. The van der Waals surface area contributed by atoms with Crippen LogP contribution in [0.5, 0.6) is 0 Å². The summed E-state index contributed by atoms with van der Waals surface area (Å²) in [6.45, 7) is 2.92. The van der Waals surface area contributed by atoms with Gasteiger partial charge in [0.05, 0.1) is 0 Å². The molecule has 0 aromatic rings. The first kappa shape index (κ1) is 11.3. The SMILES string of the molecule is C#CN[C@@H](C)C(=O)N[C@@H](C)C(=O)O. The number of nitrogens with one attached hydrogen (secondary N) is 2. The average molecular weight is 184 g/mol. The van der Waals surface area contributed by atoms with E-state index in [0.29, 0.717) is 0 Å². The van der Waals surface area contributed by atoms with Gasteiger partial charge in [-0.3, -0.25) is 9.59 Å². The number of hydrogen-bond donors (Lipinski definition) is 3. The Balaban J connectivity index is 4.01. The number of carbonyl (C=O) groups excluding carboxylic acids is 1. The summed E-state index contributed by atoms with van der Waals surface area (Å²) in [6.07, 6.45) is 4.90. The Kier molecular flexibility index (Phi) is 4.38. The van der Waals surface area contributed by atoms with Crippen molar-refractivity contribution in [3.63, 3.8) is 0 Å². The number of carbonyl (C=O) groups is 2. The lowest BCUT2D eigenvalue weighted by Crippen LogP contribution is -2.46. The van der Waals surface area contributed by atoms with Crippen LogP contribution in [0.3, 0.4) is 0 Å². The van der Waals surface area contributed by atoms with Crippen LogP contribution in [-0.2, 0) is 9.59 Å². The highest BCUT2D eigenvalue weighted by atomic mass is 16.4. The molecule has 0 heterocycles. The van der Waals surface area contributed by atoms with Gasteiger partial charge in [0.1, 0.15) is 12.1 Å². The molecule has 0 unspecified atom stereocenters. The lowest BCUT2D eigenvalue weighted by Gasteiger charge is -2.13. The number of carboxylic acid groups (broad SMARTS) is 1. The lowest BCUT2D eigenvalue weighted by atomic mass is 10.2. The first-order valence-electron chi connectivity index (χ1n) is 3.73. The van der Waals surface area contributed by atoms with Crippen LogP contribution >= 0.6 is 0 Å². The molecule has 0 rings (SSSR count). The molecule has 13 heavy (non-hydrogen) atoms. The van der Waals surface area contributed by atoms with Gasteiger partial charge in [0.2, 0.25) is 5.91 Å². The largest absolute Gasteiger partial charge is 0.480 e. The fraction of sp³-hybridized carbons (Fsp3) is 0.500. The summed E-state index contributed by atoms with van der Waals surface area (Å²) in [5.74, 6) is -1.52. The third-order valence-corrected chi connectivity index (χ3v) is 1.42. The van der Waals surface area contributed by atoms with Crippen LogP contribution in [-0.4, -0.2) is 29.1 Å².